The first-order valence-corrected chi connectivity index (χ1v) is 12.4. The van der Waals surface area contributed by atoms with Crippen molar-refractivity contribution in [3.63, 3.8) is 0 Å². The summed E-state index contributed by atoms with van der Waals surface area (Å²) < 4.78 is 10.3. The summed E-state index contributed by atoms with van der Waals surface area (Å²) in [6, 6.07) is 5.87. The molecule has 1 fully saturated rings. The maximum atomic E-state index is 12.3. The Hall–Kier alpha value is -3.34. The first-order chi connectivity index (χ1) is 17.3. The number of anilines is 1. The molecule has 1 unspecified atom stereocenters. The van der Waals surface area contributed by atoms with Crippen molar-refractivity contribution < 1.29 is 33.8 Å². The first kappa shape index (κ1) is 31.7. The monoisotopic (exact) mass is 522 g/mol. The smallest absolute Gasteiger partial charge is 0.410 e. The number of aliphatic hydroxyl groups excluding tert-OH is 1. The number of benzene rings is 1. The zero-order valence-corrected chi connectivity index (χ0v) is 23.0. The number of alkyl carbamates (subject to hydrolysis) is 1. The molecule has 1 aliphatic carbocycles. The average molecular weight is 523 g/mol. The maximum Gasteiger partial charge on any atom is 0.410 e. The third-order valence-electron chi connectivity index (χ3n) is 5.25. The first-order valence-electron chi connectivity index (χ1n) is 12.4. The van der Waals surface area contributed by atoms with E-state index in [2.05, 4.69) is 29.8 Å². The number of amides is 4. The van der Waals surface area contributed by atoms with Gasteiger partial charge in [0.2, 0.25) is 11.8 Å². The summed E-state index contributed by atoms with van der Waals surface area (Å²) in [7, 11) is 1.61. The van der Waals surface area contributed by atoms with Gasteiger partial charge in [0, 0.05) is 12.7 Å². The van der Waals surface area contributed by atoms with Gasteiger partial charge in [0.1, 0.15) is 24.8 Å². The van der Waals surface area contributed by atoms with Crippen LogP contribution in [-0.4, -0.2) is 71.4 Å². The van der Waals surface area contributed by atoms with Crippen molar-refractivity contribution >= 4 is 29.7 Å². The van der Waals surface area contributed by atoms with Crippen molar-refractivity contribution in [2.24, 2.45) is 0 Å². The van der Waals surface area contributed by atoms with E-state index < -0.39 is 41.2 Å². The molecule has 2 rings (SSSR count). The van der Waals surface area contributed by atoms with Crippen LogP contribution in [0.1, 0.15) is 66.4 Å². The van der Waals surface area contributed by atoms with Crippen molar-refractivity contribution in [2.75, 3.05) is 25.5 Å². The summed E-state index contributed by atoms with van der Waals surface area (Å²) in [5.41, 5.74) is 0.0505. The van der Waals surface area contributed by atoms with Crippen LogP contribution in [0, 0.1) is 0 Å². The summed E-state index contributed by atoms with van der Waals surface area (Å²) in [4.78, 5) is 49.5. The Labute approximate surface area is 219 Å². The molecule has 1 saturated carbocycles. The summed E-state index contributed by atoms with van der Waals surface area (Å²) >= 11 is 0. The molecule has 1 atom stereocenters. The van der Waals surface area contributed by atoms with Gasteiger partial charge in [0.25, 0.3) is 0 Å². The topological polar surface area (TPSA) is 146 Å². The number of ether oxygens (including phenoxy) is 2. The molecule has 1 aromatic carbocycles. The molecule has 4 amide bonds. The van der Waals surface area contributed by atoms with Gasteiger partial charge in [-0.3, -0.25) is 9.59 Å². The number of hydrogen-bond donors (Lipinski definition) is 4. The molecule has 0 aromatic heterocycles. The SMILES string of the molecule is CC(NC(=O)CNC(=O)OC(C)(C)C)C(=O)Nc1ccc(COC(=O)N(C)C2(CO)CC2)cc1.CCC. The Bertz CT molecular complexity index is 908. The Morgan fingerprint density at radius 3 is 2.16 bits per heavy atom. The van der Waals surface area contributed by atoms with E-state index in [4.69, 9.17) is 9.47 Å². The molecular formula is C26H42N4O7. The highest BCUT2D eigenvalue weighted by atomic mass is 16.6. The average Bonchev–Trinajstić information content (AvgIpc) is 3.62. The molecule has 208 valence electrons. The zero-order valence-electron chi connectivity index (χ0n) is 23.0. The number of aliphatic hydroxyl groups is 1. The second-order valence-corrected chi connectivity index (χ2v) is 10.0. The quantitative estimate of drug-likeness (QED) is 0.390. The Morgan fingerprint density at radius 1 is 1.11 bits per heavy atom. The van der Waals surface area contributed by atoms with Gasteiger partial charge in [-0.25, -0.2) is 9.59 Å². The number of carbonyl (C=O) groups is 4. The van der Waals surface area contributed by atoms with E-state index in [1.807, 2.05) is 0 Å². The third-order valence-corrected chi connectivity index (χ3v) is 5.25. The molecule has 0 radical (unpaired) electrons. The lowest BCUT2D eigenvalue weighted by molar-refractivity contribution is -0.125. The number of carbonyl (C=O) groups excluding carboxylic acids is 4. The minimum atomic E-state index is -0.842. The van der Waals surface area contributed by atoms with Crippen LogP contribution in [0.25, 0.3) is 0 Å². The van der Waals surface area contributed by atoms with E-state index in [1.54, 1.807) is 52.1 Å². The molecule has 0 heterocycles. The summed E-state index contributed by atoms with van der Waals surface area (Å²) in [5.74, 6) is -0.977. The minimum Gasteiger partial charge on any atom is -0.445 e. The van der Waals surface area contributed by atoms with Crippen LogP contribution in [0.15, 0.2) is 24.3 Å². The predicted molar refractivity (Wildman–Crippen MR) is 140 cm³/mol. The lowest BCUT2D eigenvalue weighted by Crippen LogP contribution is -2.46. The van der Waals surface area contributed by atoms with Gasteiger partial charge in [-0.1, -0.05) is 32.4 Å². The molecule has 0 bridgehead atoms. The van der Waals surface area contributed by atoms with Crippen molar-refractivity contribution in [1.29, 1.82) is 0 Å². The van der Waals surface area contributed by atoms with E-state index in [0.717, 1.165) is 18.4 Å². The molecule has 11 heteroatoms. The minimum absolute atomic E-state index is 0.0516. The van der Waals surface area contributed by atoms with E-state index >= 15 is 0 Å². The molecule has 37 heavy (non-hydrogen) atoms. The Morgan fingerprint density at radius 2 is 1.68 bits per heavy atom. The van der Waals surface area contributed by atoms with E-state index in [0.29, 0.717) is 5.69 Å². The number of hydrogen-bond acceptors (Lipinski definition) is 7. The second kappa shape index (κ2) is 14.4. The predicted octanol–water partition coefficient (Wildman–Crippen LogP) is 3.16. The Balaban J connectivity index is 0.00000217. The number of nitrogens with one attached hydrogen (secondary N) is 3. The molecule has 0 saturated heterocycles. The van der Waals surface area contributed by atoms with E-state index in [9.17, 15) is 24.3 Å². The molecule has 4 N–H and O–H groups in total. The van der Waals surface area contributed by atoms with Gasteiger partial charge in [-0.15, -0.1) is 0 Å². The van der Waals surface area contributed by atoms with Gasteiger partial charge < -0.3 is 35.4 Å². The van der Waals surface area contributed by atoms with Crippen molar-refractivity contribution in [3.05, 3.63) is 29.8 Å². The van der Waals surface area contributed by atoms with Crippen LogP contribution in [0.3, 0.4) is 0 Å². The molecule has 1 aliphatic rings. The van der Waals surface area contributed by atoms with Gasteiger partial charge in [-0.2, -0.15) is 0 Å². The second-order valence-electron chi connectivity index (χ2n) is 10.0. The largest absolute Gasteiger partial charge is 0.445 e. The number of nitrogens with zero attached hydrogens (tertiary/aromatic N) is 1. The number of likely N-dealkylation sites (N-methyl/N-ethyl adjacent to an activating group) is 1. The van der Waals surface area contributed by atoms with Crippen molar-refractivity contribution in [2.45, 2.75) is 84.6 Å². The van der Waals surface area contributed by atoms with Gasteiger partial charge >= 0.3 is 12.2 Å². The summed E-state index contributed by atoms with van der Waals surface area (Å²) in [6.07, 6.45) is 1.53. The molecule has 11 nitrogen and oxygen atoms in total. The van der Waals surface area contributed by atoms with E-state index in [1.165, 1.54) is 18.2 Å². The third kappa shape index (κ3) is 11.5. The van der Waals surface area contributed by atoms with Gasteiger partial charge in [-0.05, 0) is 58.2 Å². The standard InChI is InChI=1S/C23H34N4O7.C3H8/c1-15(25-18(29)12-24-20(31)34-22(2,3)4)19(30)26-17-8-6-16(7-9-17)13-33-21(32)27(5)23(14-28)10-11-23;1-3-2/h6-9,15,28H,10-14H2,1-5H3,(H,24,31)(H,25,29)(H,26,30);3H2,1-2H3. The highest BCUT2D eigenvalue weighted by Crippen LogP contribution is 2.40. The molecule has 0 aliphatic heterocycles. The fourth-order valence-electron chi connectivity index (χ4n) is 2.94. The van der Waals surface area contributed by atoms with Crippen LogP contribution in [0.2, 0.25) is 0 Å². The van der Waals surface area contributed by atoms with Crippen LogP contribution in [0.4, 0.5) is 15.3 Å². The van der Waals surface area contributed by atoms with E-state index in [-0.39, 0.29) is 19.8 Å². The van der Waals surface area contributed by atoms with Crippen LogP contribution >= 0.6 is 0 Å². The van der Waals surface area contributed by atoms with Gasteiger partial charge in [0.05, 0.1) is 12.1 Å². The molecule has 0 spiro atoms. The molecule has 1 aromatic rings. The zero-order chi connectivity index (χ0) is 28.2. The van der Waals surface area contributed by atoms with Crippen LogP contribution in [-0.2, 0) is 25.7 Å². The fraction of sp³-hybridized carbons (Fsp3) is 0.615. The highest BCUT2D eigenvalue weighted by molar-refractivity contribution is 5.97. The van der Waals surface area contributed by atoms with Crippen LogP contribution < -0.4 is 16.0 Å². The van der Waals surface area contributed by atoms with Gasteiger partial charge in [0.15, 0.2) is 0 Å². The Kier molecular flexibility index (Phi) is 12.3. The number of rotatable bonds is 9. The fourth-order valence-corrected chi connectivity index (χ4v) is 2.94. The van der Waals surface area contributed by atoms with Crippen LogP contribution in [0.5, 0.6) is 0 Å². The normalized spacial score (nSPS) is 14.2. The molecular weight excluding hydrogens is 480 g/mol. The van der Waals surface area contributed by atoms with Crippen molar-refractivity contribution in [3.8, 4) is 0 Å². The lowest BCUT2D eigenvalue weighted by Gasteiger charge is -2.25. The summed E-state index contributed by atoms with van der Waals surface area (Å²) in [6.45, 7) is 10.5. The highest BCUT2D eigenvalue weighted by Gasteiger charge is 2.48. The maximum absolute atomic E-state index is 12.3. The summed E-state index contributed by atoms with van der Waals surface area (Å²) in [5, 5.41) is 16.9. The lowest BCUT2D eigenvalue weighted by atomic mass is 10.2. The van der Waals surface area contributed by atoms with Crippen molar-refractivity contribution in [1.82, 2.24) is 15.5 Å².